The number of anilines is 1. The van der Waals surface area contributed by atoms with Crippen molar-refractivity contribution in [2.24, 2.45) is 21.5 Å². The molecule has 6 heteroatoms. The van der Waals surface area contributed by atoms with Crippen LogP contribution in [0.3, 0.4) is 0 Å². The van der Waals surface area contributed by atoms with Crippen LogP contribution in [0, 0.1) is 6.92 Å². The van der Waals surface area contributed by atoms with E-state index in [1.807, 2.05) is 6.07 Å². The molecule has 1 fully saturated rings. The summed E-state index contributed by atoms with van der Waals surface area (Å²) in [6, 6.07) is 8.29. The Morgan fingerprint density at radius 1 is 1.14 bits per heavy atom. The minimum Gasteiger partial charge on any atom is -1.00 e. The lowest BCUT2D eigenvalue weighted by Crippen LogP contribution is -3.00. The van der Waals surface area contributed by atoms with Crippen LogP contribution in [-0.4, -0.2) is 17.6 Å². The Morgan fingerprint density at radius 2 is 1.86 bits per heavy atom. The van der Waals surface area contributed by atoms with Gasteiger partial charge in [-0.2, -0.15) is 4.99 Å². The molecular formula is C15H21ClN5-. The van der Waals surface area contributed by atoms with Crippen LogP contribution in [0.25, 0.3) is 0 Å². The fourth-order valence-corrected chi connectivity index (χ4v) is 3.26. The van der Waals surface area contributed by atoms with Gasteiger partial charge in [0.2, 0.25) is 11.9 Å². The normalized spacial score (nSPS) is 20.5. The van der Waals surface area contributed by atoms with E-state index in [2.05, 4.69) is 40.0 Å². The first-order valence-corrected chi connectivity index (χ1v) is 7.17. The highest BCUT2D eigenvalue weighted by molar-refractivity contribution is 6.05. The fourth-order valence-electron chi connectivity index (χ4n) is 3.26. The number of hydrogen-bond donors (Lipinski definition) is 2. The molecule has 0 atom stereocenters. The average molecular weight is 307 g/mol. The second kappa shape index (κ2) is 5.93. The lowest BCUT2D eigenvalue weighted by Gasteiger charge is -2.45. The molecule has 0 radical (unpaired) electrons. The number of hydrogen-bond acceptors (Lipinski definition) is 5. The molecule has 0 aromatic heterocycles. The summed E-state index contributed by atoms with van der Waals surface area (Å²) in [6.45, 7) is 2.08. The van der Waals surface area contributed by atoms with Gasteiger partial charge in [-0.15, -0.1) is 0 Å². The van der Waals surface area contributed by atoms with E-state index in [1.165, 1.54) is 12.0 Å². The molecule has 3 rings (SSSR count). The summed E-state index contributed by atoms with van der Waals surface area (Å²) < 4.78 is 0. The zero-order valence-corrected chi connectivity index (χ0v) is 13.0. The minimum atomic E-state index is -0.345. The third kappa shape index (κ3) is 2.83. The number of benzene rings is 1. The Bertz CT molecular complexity index is 575. The quantitative estimate of drug-likeness (QED) is 0.706. The minimum absolute atomic E-state index is 0. The number of halogens is 1. The Morgan fingerprint density at radius 3 is 2.52 bits per heavy atom. The molecule has 5 nitrogen and oxygen atoms in total. The molecule has 1 aromatic rings. The Labute approximate surface area is 131 Å². The molecule has 1 aliphatic heterocycles. The Hall–Kier alpha value is -1.75. The number of aryl methyl sites for hydroxylation is 1. The van der Waals surface area contributed by atoms with Crippen LogP contribution in [0.4, 0.5) is 5.69 Å². The molecule has 1 saturated carbocycles. The molecule has 0 unspecified atom stereocenters. The number of nitrogens with two attached hydrogens (primary N) is 2. The summed E-state index contributed by atoms with van der Waals surface area (Å²) in [5.74, 6) is 0.748. The van der Waals surface area contributed by atoms with Gasteiger partial charge in [-0.1, -0.05) is 18.6 Å². The van der Waals surface area contributed by atoms with Gasteiger partial charge in [-0.05, 0) is 50.3 Å². The number of guanidine groups is 2. The van der Waals surface area contributed by atoms with Crippen molar-refractivity contribution in [2.45, 2.75) is 44.7 Å². The highest BCUT2D eigenvalue weighted by Crippen LogP contribution is 2.39. The molecule has 2 aliphatic rings. The van der Waals surface area contributed by atoms with Gasteiger partial charge in [0.05, 0.1) is 0 Å². The molecule has 1 aromatic carbocycles. The number of nitrogens with zero attached hydrogens (tertiary/aromatic N) is 3. The summed E-state index contributed by atoms with van der Waals surface area (Å²) in [7, 11) is 0. The molecule has 1 aliphatic carbocycles. The van der Waals surface area contributed by atoms with Gasteiger partial charge in [0.1, 0.15) is 5.66 Å². The van der Waals surface area contributed by atoms with Crippen LogP contribution in [0.5, 0.6) is 0 Å². The first kappa shape index (κ1) is 15.6. The van der Waals surface area contributed by atoms with E-state index in [-0.39, 0.29) is 18.1 Å². The third-order valence-corrected chi connectivity index (χ3v) is 4.11. The maximum Gasteiger partial charge on any atom is 0.220 e. The maximum atomic E-state index is 6.17. The Balaban J connectivity index is 0.00000161. The molecule has 0 saturated heterocycles. The first-order chi connectivity index (χ1) is 9.61. The van der Waals surface area contributed by atoms with Crippen LogP contribution in [0.15, 0.2) is 34.3 Å². The highest BCUT2D eigenvalue weighted by Gasteiger charge is 2.42. The summed E-state index contributed by atoms with van der Waals surface area (Å²) >= 11 is 0. The summed E-state index contributed by atoms with van der Waals surface area (Å²) in [5, 5.41) is 0. The van der Waals surface area contributed by atoms with E-state index in [0.717, 1.165) is 31.4 Å². The van der Waals surface area contributed by atoms with Crippen LogP contribution >= 0.6 is 0 Å². The molecule has 1 heterocycles. The molecule has 0 amide bonds. The zero-order valence-electron chi connectivity index (χ0n) is 12.2. The lowest BCUT2D eigenvalue weighted by molar-refractivity contribution is -0.00000495. The van der Waals surface area contributed by atoms with Gasteiger partial charge in [0.15, 0.2) is 0 Å². The Kier molecular flexibility index (Phi) is 4.42. The van der Waals surface area contributed by atoms with E-state index in [0.29, 0.717) is 11.9 Å². The predicted molar refractivity (Wildman–Crippen MR) is 82.7 cm³/mol. The second-order valence-electron chi connectivity index (χ2n) is 5.66. The first-order valence-electron chi connectivity index (χ1n) is 7.17. The lowest BCUT2D eigenvalue weighted by atomic mass is 9.87. The predicted octanol–water partition coefficient (Wildman–Crippen LogP) is -0.891. The van der Waals surface area contributed by atoms with Crippen molar-refractivity contribution in [3.8, 4) is 0 Å². The van der Waals surface area contributed by atoms with E-state index in [9.17, 15) is 0 Å². The van der Waals surface area contributed by atoms with Crippen molar-refractivity contribution in [3.63, 3.8) is 0 Å². The van der Waals surface area contributed by atoms with Gasteiger partial charge in [0.25, 0.3) is 0 Å². The van der Waals surface area contributed by atoms with Crippen molar-refractivity contribution >= 4 is 17.6 Å². The third-order valence-electron chi connectivity index (χ3n) is 4.11. The van der Waals surface area contributed by atoms with Crippen molar-refractivity contribution in [2.75, 3.05) is 4.90 Å². The van der Waals surface area contributed by atoms with E-state index >= 15 is 0 Å². The molecule has 21 heavy (non-hydrogen) atoms. The topological polar surface area (TPSA) is 80.0 Å². The van der Waals surface area contributed by atoms with E-state index in [1.54, 1.807) is 0 Å². The SMILES string of the molecule is Cc1cccc(N2C(N)=NC(N)=NC23CCCCC3)c1.[Cl-]. The van der Waals surface area contributed by atoms with Crippen molar-refractivity contribution in [3.05, 3.63) is 29.8 Å². The van der Waals surface area contributed by atoms with Crippen molar-refractivity contribution < 1.29 is 12.4 Å². The van der Waals surface area contributed by atoms with E-state index < -0.39 is 0 Å². The van der Waals surface area contributed by atoms with Gasteiger partial charge in [-0.25, -0.2) is 4.99 Å². The summed E-state index contributed by atoms with van der Waals surface area (Å²) in [6.07, 6.45) is 5.48. The highest BCUT2D eigenvalue weighted by atomic mass is 35.5. The second-order valence-corrected chi connectivity index (χ2v) is 5.66. The monoisotopic (exact) mass is 306 g/mol. The van der Waals surface area contributed by atoms with Crippen LogP contribution in [0.2, 0.25) is 0 Å². The van der Waals surface area contributed by atoms with Gasteiger partial charge in [-0.3, -0.25) is 4.90 Å². The van der Waals surface area contributed by atoms with Gasteiger partial charge < -0.3 is 23.9 Å². The zero-order chi connectivity index (χ0) is 14.2. The van der Waals surface area contributed by atoms with Gasteiger partial charge in [0, 0.05) is 5.69 Å². The standard InChI is InChI=1S/C15H21N5.ClH/c1-11-6-5-7-12(10-11)20-14(17)18-13(16)19-15(20)8-3-2-4-9-15;/h5-7,10H,2-4,8-9H2,1H3,(H4,16,17,18,19);1H/p-1. The average Bonchev–Trinajstić information content (AvgIpc) is 2.38. The maximum absolute atomic E-state index is 6.17. The molecule has 0 bridgehead atoms. The van der Waals surface area contributed by atoms with Crippen LogP contribution < -0.4 is 28.8 Å². The number of rotatable bonds is 1. The van der Waals surface area contributed by atoms with Crippen molar-refractivity contribution in [1.29, 1.82) is 0 Å². The smallest absolute Gasteiger partial charge is 0.220 e. The molecule has 1 spiro atoms. The number of aliphatic imine (C=N–C) groups is 2. The van der Waals surface area contributed by atoms with Gasteiger partial charge >= 0.3 is 0 Å². The van der Waals surface area contributed by atoms with E-state index in [4.69, 9.17) is 11.5 Å². The van der Waals surface area contributed by atoms with Crippen LogP contribution in [0.1, 0.15) is 37.7 Å². The largest absolute Gasteiger partial charge is 1.00 e. The molecule has 114 valence electrons. The summed E-state index contributed by atoms with van der Waals surface area (Å²) in [5.41, 5.74) is 13.9. The molecular weight excluding hydrogens is 286 g/mol. The molecule has 4 N–H and O–H groups in total. The fraction of sp³-hybridized carbons (Fsp3) is 0.467. The van der Waals surface area contributed by atoms with Crippen molar-refractivity contribution in [1.82, 2.24) is 0 Å². The summed E-state index contributed by atoms with van der Waals surface area (Å²) in [4.78, 5) is 10.9. The van der Waals surface area contributed by atoms with Crippen LogP contribution in [-0.2, 0) is 0 Å².